The van der Waals surface area contributed by atoms with E-state index in [0.717, 1.165) is 10.9 Å². The minimum atomic E-state index is 0.285. The highest BCUT2D eigenvalue weighted by molar-refractivity contribution is 9.10. The third-order valence-electron chi connectivity index (χ3n) is 7.73. The highest BCUT2D eigenvalue weighted by Gasteiger charge is 2.38. The molecule has 180 valence electrons. The Morgan fingerprint density at radius 2 is 1.31 bits per heavy atom. The molecule has 2 aromatic carbocycles. The summed E-state index contributed by atoms with van der Waals surface area (Å²) in [5.74, 6) is 1.38. The van der Waals surface area contributed by atoms with Crippen LogP contribution in [0.5, 0.6) is 0 Å². The van der Waals surface area contributed by atoms with E-state index in [9.17, 15) is 0 Å². The Morgan fingerprint density at radius 1 is 0.781 bits per heavy atom. The third kappa shape index (κ3) is 6.01. The fourth-order valence-corrected chi connectivity index (χ4v) is 5.71. The van der Waals surface area contributed by atoms with Gasteiger partial charge in [-0.2, -0.15) is 0 Å². The summed E-state index contributed by atoms with van der Waals surface area (Å²) >= 11 is 9.86. The van der Waals surface area contributed by atoms with Crippen molar-refractivity contribution >= 4 is 27.5 Å². The van der Waals surface area contributed by atoms with Gasteiger partial charge in [0, 0.05) is 9.50 Å². The van der Waals surface area contributed by atoms with E-state index in [4.69, 9.17) is 11.6 Å². The lowest BCUT2D eigenvalue weighted by molar-refractivity contribution is 0.337. The van der Waals surface area contributed by atoms with Gasteiger partial charge in [0.25, 0.3) is 0 Å². The molecule has 0 saturated carbocycles. The van der Waals surface area contributed by atoms with E-state index in [0.29, 0.717) is 11.3 Å². The van der Waals surface area contributed by atoms with Gasteiger partial charge in [0.2, 0.25) is 0 Å². The number of rotatable bonds is 2. The topological polar surface area (TPSA) is 0 Å². The van der Waals surface area contributed by atoms with Crippen molar-refractivity contribution in [2.45, 2.75) is 106 Å². The zero-order valence-electron chi connectivity index (χ0n) is 22.2. The smallest absolute Gasteiger partial charge is 0.0446 e. The average molecular weight is 522 g/mol. The molecule has 0 aliphatic heterocycles. The van der Waals surface area contributed by atoms with Crippen LogP contribution in [0, 0.1) is 11.8 Å². The van der Waals surface area contributed by atoms with Gasteiger partial charge in [-0.05, 0) is 88.8 Å². The molecule has 0 amide bonds. The Balaban J connectivity index is 0.000000277. The van der Waals surface area contributed by atoms with Crippen LogP contribution in [0.2, 0.25) is 5.02 Å². The SMILES string of the molecule is CC.CC.CC(C)C1(C)CCc2ccc(Br)cc21.CC(C)C1(C)CCc2cccc(Cl)c21. The van der Waals surface area contributed by atoms with Gasteiger partial charge >= 0.3 is 0 Å². The highest BCUT2D eigenvalue weighted by atomic mass is 79.9. The van der Waals surface area contributed by atoms with Crippen LogP contribution >= 0.6 is 27.5 Å². The second kappa shape index (κ2) is 12.6. The zero-order chi connectivity index (χ0) is 24.7. The van der Waals surface area contributed by atoms with Crippen LogP contribution in [0.3, 0.4) is 0 Å². The van der Waals surface area contributed by atoms with E-state index in [1.807, 2.05) is 33.8 Å². The Kier molecular flexibility index (Phi) is 11.5. The fourth-order valence-electron chi connectivity index (χ4n) is 4.94. The summed E-state index contributed by atoms with van der Waals surface area (Å²) in [6.45, 7) is 22.0. The van der Waals surface area contributed by atoms with Crippen molar-refractivity contribution in [2.24, 2.45) is 11.8 Å². The number of benzene rings is 2. The van der Waals surface area contributed by atoms with Crippen molar-refractivity contribution in [3.05, 3.63) is 68.1 Å². The van der Waals surface area contributed by atoms with E-state index < -0.39 is 0 Å². The molecule has 0 N–H and O–H groups in total. The summed E-state index contributed by atoms with van der Waals surface area (Å²) < 4.78 is 1.21. The van der Waals surface area contributed by atoms with E-state index in [-0.39, 0.29) is 5.41 Å². The molecule has 0 aromatic heterocycles. The first-order chi connectivity index (χ1) is 15.1. The summed E-state index contributed by atoms with van der Waals surface area (Å²) in [5.41, 5.74) is 6.63. The van der Waals surface area contributed by atoms with Gasteiger partial charge in [-0.15, -0.1) is 0 Å². The van der Waals surface area contributed by atoms with Crippen LogP contribution in [0.25, 0.3) is 0 Å². The quantitative estimate of drug-likeness (QED) is 0.368. The monoisotopic (exact) mass is 520 g/mol. The van der Waals surface area contributed by atoms with Gasteiger partial charge in [-0.25, -0.2) is 0 Å². The number of fused-ring (bicyclic) bond motifs is 2. The molecule has 2 aliphatic rings. The number of aryl methyl sites for hydroxylation is 2. The Bertz CT molecular complexity index is 854. The minimum Gasteiger partial charge on any atom is -0.0840 e. The van der Waals surface area contributed by atoms with Crippen LogP contribution in [-0.2, 0) is 23.7 Å². The predicted molar refractivity (Wildman–Crippen MR) is 149 cm³/mol. The molecular formula is C30H46BrCl. The molecule has 0 radical (unpaired) electrons. The lowest BCUT2D eigenvalue weighted by Crippen LogP contribution is -2.25. The first-order valence-corrected chi connectivity index (χ1v) is 13.8. The van der Waals surface area contributed by atoms with E-state index in [1.165, 1.54) is 41.3 Å². The third-order valence-corrected chi connectivity index (χ3v) is 8.54. The van der Waals surface area contributed by atoms with Crippen LogP contribution in [0.15, 0.2) is 40.9 Å². The van der Waals surface area contributed by atoms with Gasteiger partial charge in [-0.3, -0.25) is 0 Å². The molecule has 0 spiro atoms. The summed E-state index contributed by atoms with van der Waals surface area (Å²) in [6.07, 6.45) is 4.97. The average Bonchev–Trinajstić information content (AvgIpc) is 3.32. The predicted octanol–water partition coefficient (Wildman–Crippen LogP) is 10.6. The molecule has 0 nitrogen and oxygen atoms in total. The molecule has 2 aliphatic carbocycles. The molecule has 2 atom stereocenters. The van der Waals surface area contributed by atoms with Crippen molar-refractivity contribution in [3.63, 3.8) is 0 Å². The lowest BCUT2D eigenvalue weighted by Gasteiger charge is -2.30. The van der Waals surface area contributed by atoms with Crippen molar-refractivity contribution in [2.75, 3.05) is 0 Å². The van der Waals surface area contributed by atoms with E-state index in [1.54, 1.807) is 11.1 Å². The standard InChI is InChI=1S/C13H17Br.C13H17Cl.2C2H6/c1-9(2)13(3)7-6-10-4-5-11(14)8-12(10)13;1-9(2)13(3)8-7-10-5-4-6-11(14)12(10)13;2*1-2/h4-5,8-9H,6-7H2,1-3H3;4-6,9H,7-8H2,1-3H3;2*1-2H3. The van der Waals surface area contributed by atoms with Crippen molar-refractivity contribution in [1.82, 2.24) is 0 Å². The molecule has 0 fully saturated rings. The van der Waals surface area contributed by atoms with Crippen molar-refractivity contribution in [1.29, 1.82) is 0 Å². The molecule has 2 unspecified atom stereocenters. The van der Waals surface area contributed by atoms with Crippen molar-refractivity contribution in [3.8, 4) is 0 Å². The normalized spacial score (nSPS) is 22.7. The van der Waals surface area contributed by atoms with Crippen LogP contribution in [-0.4, -0.2) is 0 Å². The first kappa shape index (κ1) is 29.2. The van der Waals surface area contributed by atoms with E-state index in [2.05, 4.69) is 87.8 Å². The fraction of sp³-hybridized carbons (Fsp3) is 0.600. The maximum absolute atomic E-state index is 6.30. The molecular weight excluding hydrogens is 476 g/mol. The lowest BCUT2D eigenvalue weighted by atomic mass is 9.74. The van der Waals surface area contributed by atoms with E-state index >= 15 is 0 Å². The Hall–Kier alpha value is -0.790. The number of hydrogen-bond donors (Lipinski definition) is 0. The number of hydrogen-bond acceptors (Lipinski definition) is 0. The van der Waals surface area contributed by atoms with Gasteiger partial charge < -0.3 is 0 Å². The van der Waals surface area contributed by atoms with Gasteiger partial charge in [0.1, 0.15) is 0 Å². The molecule has 2 aromatic rings. The Labute approximate surface area is 212 Å². The number of halogens is 2. The summed E-state index contributed by atoms with van der Waals surface area (Å²) in [7, 11) is 0. The first-order valence-electron chi connectivity index (χ1n) is 12.7. The summed E-state index contributed by atoms with van der Waals surface area (Å²) in [5, 5.41) is 0.955. The van der Waals surface area contributed by atoms with Gasteiger partial charge in [0.15, 0.2) is 0 Å². The second-order valence-corrected chi connectivity index (χ2v) is 11.0. The minimum absolute atomic E-state index is 0.285. The van der Waals surface area contributed by atoms with Gasteiger partial charge in [-0.1, -0.05) is 115 Å². The largest absolute Gasteiger partial charge is 0.0840 e. The van der Waals surface area contributed by atoms with Crippen LogP contribution in [0.4, 0.5) is 0 Å². The van der Waals surface area contributed by atoms with Gasteiger partial charge in [0.05, 0.1) is 0 Å². The van der Waals surface area contributed by atoms with Crippen LogP contribution < -0.4 is 0 Å². The highest BCUT2D eigenvalue weighted by Crippen LogP contribution is 2.47. The molecule has 0 heterocycles. The molecule has 0 bridgehead atoms. The Morgan fingerprint density at radius 3 is 1.88 bits per heavy atom. The summed E-state index contributed by atoms with van der Waals surface area (Å²) in [4.78, 5) is 0. The summed E-state index contributed by atoms with van der Waals surface area (Å²) in [6, 6.07) is 13.0. The molecule has 4 rings (SSSR count). The zero-order valence-corrected chi connectivity index (χ0v) is 24.5. The maximum atomic E-state index is 6.30. The molecule has 0 saturated heterocycles. The van der Waals surface area contributed by atoms with Crippen molar-refractivity contribution < 1.29 is 0 Å². The van der Waals surface area contributed by atoms with Crippen LogP contribution in [0.1, 0.15) is 104 Å². The molecule has 32 heavy (non-hydrogen) atoms. The maximum Gasteiger partial charge on any atom is 0.0446 e. The molecule has 2 heteroatoms. The second-order valence-electron chi connectivity index (χ2n) is 9.72.